The second-order valence-corrected chi connectivity index (χ2v) is 9.96. The number of benzene rings is 2. The van der Waals surface area contributed by atoms with E-state index in [-0.39, 0.29) is 17.4 Å². The van der Waals surface area contributed by atoms with Crippen LogP contribution >= 0.6 is 23.1 Å². The van der Waals surface area contributed by atoms with Gasteiger partial charge in [0.15, 0.2) is 11.0 Å². The summed E-state index contributed by atoms with van der Waals surface area (Å²) in [7, 11) is 0. The predicted octanol–water partition coefficient (Wildman–Crippen LogP) is 5.71. The number of phenolic OH excluding ortho intramolecular Hbond substituents is 2. The Bertz CT molecular complexity index is 1270. The number of aryl methyl sites for hydroxylation is 2. The zero-order valence-electron chi connectivity index (χ0n) is 17.9. The number of rotatable bonds is 6. The summed E-state index contributed by atoms with van der Waals surface area (Å²) in [6, 6.07) is 9.72. The van der Waals surface area contributed by atoms with Crippen molar-refractivity contribution in [3.05, 3.63) is 63.6 Å². The molecule has 32 heavy (non-hydrogen) atoms. The minimum absolute atomic E-state index is 0.0160. The molecule has 164 valence electrons. The van der Waals surface area contributed by atoms with Gasteiger partial charge >= 0.3 is 0 Å². The normalized spacial score (nSPS) is 13.1. The number of thiazole rings is 1. The number of aromatic hydroxyl groups is 2. The van der Waals surface area contributed by atoms with Crippen LogP contribution in [0.1, 0.15) is 48.6 Å². The van der Waals surface area contributed by atoms with E-state index in [0.717, 1.165) is 34.9 Å². The second-order valence-electron chi connectivity index (χ2n) is 8.30. The third kappa shape index (κ3) is 3.89. The summed E-state index contributed by atoms with van der Waals surface area (Å²) in [5, 5.41) is 32.7. The second kappa shape index (κ2) is 8.60. The maximum Gasteiger partial charge on any atom is 0.196 e. The average Bonchev–Trinajstić information content (AvgIpc) is 3.51. The molecule has 0 amide bonds. The van der Waals surface area contributed by atoms with Crippen LogP contribution in [0, 0.1) is 0 Å². The highest BCUT2D eigenvalue weighted by Crippen LogP contribution is 2.39. The number of aromatic nitrogens is 4. The van der Waals surface area contributed by atoms with E-state index in [1.165, 1.54) is 23.6 Å². The molecule has 1 aliphatic rings. The molecule has 2 heterocycles. The summed E-state index contributed by atoms with van der Waals surface area (Å²) in [6.07, 6.45) is 3.37. The van der Waals surface area contributed by atoms with E-state index in [1.54, 1.807) is 23.1 Å². The van der Waals surface area contributed by atoms with Crippen molar-refractivity contribution < 1.29 is 10.2 Å². The molecule has 5 rings (SSSR count). The summed E-state index contributed by atoms with van der Waals surface area (Å²) < 4.78 is 2.01. The molecule has 1 aliphatic carbocycles. The highest BCUT2D eigenvalue weighted by Gasteiger charge is 2.22. The quantitative estimate of drug-likeness (QED) is 0.356. The molecule has 0 radical (unpaired) electrons. The molecule has 0 aliphatic heterocycles. The van der Waals surface area contributed by atoms with E-state index in [1.807, 2.05) is 35.4 Å². The number of phenols is 2. The molecule has 0 unspecified atom stereocenters. The predicted molar refractivity (Wildman–Crippen MR) is 128 cm³/mol. The van der Waals surface area contributed by atoms with Gasteiger partial charge in [0, 0.05) is 17.2 Å². The zero-order chi connectivity index (χ0) is 22.2. The molecule has 8 heteroatoms. The fraction of sp³-hybridized carbons (Fsp3) is 0.292. The van der Waals surface area contributed by atoms with E-state index in [2.05, 4.69) is 33.4 Å². The van der Waals surface area contributed by atoms with Crippen molar-refractivity contribution in [2.75, 3.05) is 0 Å². The smallest absolute Gasteiger partial charge is 0.196 e. The molecule has 0 fully saturated rings. The first-order valence-corrected chi connectivity index (χ1v) is 12.6. The van der Waals surface area contributed by atoms with Gasteiger partial charge < -0.3 is 10.2 Å². The van der Waals surface area contributed by atoms with Crippen LogP contribution in [0.15, 0.2) is 46.4 Å². The monoisotopic (exact) mass is 464 g/mol. The lowest BCUT2D eigenvalue weighted by molar-refractivity contribution is 0.444. The Morgan fingerprint density at radius 2 is 1.91 bits per heavy atom. The average molecular weight is 465 g/mol. The third-order valence-electron chi connectivity index (χ3n) is 5.81. The summed E-state index contributed by atoms with van der Waals surface area (Å²) >= 11 is 3.14. The van der Waals surface area contributed by atoms with E-state index >= 15 is 0 Å². The van der Waals surface area contributed by atoms with Gasteiger partial charge in [-0.05, 0) is 60.1 Å². The Morgan fingerprint density at radius 1 is 1.06 bits per heavy atom. The molecule has 2 aromatic heterocycles. The van der Waals surface area contributed by atoms with Gasteiger partial charge in [-0.3, -0.25) is 4.57 Å². The largest absolute Gasteiger partial charge is 0.508 e. The molecule has 0 spiro atoms. The van der Waals surface area contributed by atoms with Crippen LogP contribution in [-0.4, -0.2) is 30.0 Å². The molecule has 0 saturated carbocycles. The van der Waals surface area contributed by atoms with E-state index < -0.39 is 0 Å². The Balaban J connectivity index is 1.64. The fourth-order valence-corrected chi connectivity index (χ4v) is 5.67. The molecular formula is C24H24N4O2S2. The van der Waals surface area contributed by atoms with Crippen LogP contribution in [0.4, 0.5) is 0 Å². The van der Waals surface area contributed by atoms with Gasteiger partial charge in [-0.2, -0.15) is 0 Å². The number of fused-ring (bicyclic) bond motifs is 1. The maximum absolute atomic E-state index is 10.7. The Labute approximate surface area is 195 Å². The molecular weight excluding hydrogens is 440 g/mol. The number of hydrogen-bond acceptors (Lipinski definition) is 7. The molecule has 2 N–H and O–H groups in total. The Hall–Kier alpha value is -2.84. The number of nitrogens with zero attached hydrogens (tertiary/aromatic N) is 4. The van der Waals surface area contributed by atoms with Gasteiger partial charge in [0.05, 0.1) is 22.5 Å². The Morgan fingerprint density at radius 3 is 2.69 bits per heavy atom. The molecule has 0 atom stereocenters. The standard InChI is InChI=1S/C24H24N4O2S2/c1-14(2)19-9-20(22(30)10-21(19)29)23-26-27-24(32-12-17-11-31-13-25-17)28(23)18-7-6-15-4-3-5-16(15)8-18/h6-11,13-14,29-30H,3-5,12H2,1-2H3. The third-order valence-corrected chi connectivity index (χ3v) is 7.41. The van der Waals surface area contributed by atoms with Crippen LogP contribution in [0.5, 0.6) is 11.5 Å². The summed E-state index contributed by atoms with van der Waals surface area (Å²) in [6.45, 7) is 4.02. The first-order valence-electron chi connectivity index (χ1n) is 10.6. The minimum Gasteiger partial charge on any atom is -0.508 e. The van der Waals surface area contributed by atoms with Crippen molar-refractivity contribution in [3.63, 3.8) is 0 Å². The Kier molecular flexibility index (Phi) is 5.65. The van der Waals surface area contributed by atoms with Crippen molar-refractivity contribution in [1.29, 1.82) is 0 Å². The van der Waals surface area contributed by atoms with E-state index in [9.17, 15) is 10.2 Å². The first kappa shape index (κ1) is 21.0. The highest BCUT2D eigenvalue weighted by molar-refractivity contribution is 7.98. The lowest BCUT2D eigenvalue weighted by Crippen LogP contribution is -2.02. The summed E-state index contributed by atoms with van der Waals surface area (Å²) in [5.41, 5.74) is 7.88. The lowest BCUT2D eigenvalue weighted by Gasteiger charge is -2.15. The van der Waals surface area contributed by atoms with Crippen LogP contribution in [0.25, 0.3) is 17.1 Å². The minimum atomic E-state index is -0.0160. The fourth-order valence-electron chi connectivity index (χ4n) is 4.15. The SMILES string of the molecule is CC(C)c1cc(-c2nnc(SCc3cscn3)n2-c2ccc3c(c2)CCC3)c(O)cc1O. The van der Waals surface area contributed by atoms with Gasteiger partial charge in [0.2, 0.25) is 0 Å². The number of thioether (sulfide) groups is 1. The van der Waals surface area contributed by atoms with Crippen LogP contribution in [0.2, 0.25) is 0 Å². The van der Waals surface area contributed by atoms with Gasteiger partial charge in [0.1, 0.15) is 11.5 Å². The molecule has 0 saturated heterocycles. The molecule has 2 aromatic carbocycles. The van der Waals surface area contributed by atoms with Gasteiger partial charge in [-0.25, -0.2) is 4.98 Å². The van der Waals surface area contributed by atoms with Gasteiger partial charge in [0.25, 0.3) is 0 Å². The molecule has 0 bridgehead atoms. The zero-order valence-corrected chi connectivity index (χ0v) is 19.6. The molecule has 4 aromatic rings. The summed E-state index contributed by atoms with van der Waals surface area (Å²) in [4.78, 5) is 4.37. The van der Waals surface area contributed by atoms with Crippen LogP contribution in [0.3, 0.4) is 0 Å². The van der Waals surface area contributed by atoms with Crippen molar-refractivity contribution in [3.8, 4) is 28.6 Å². The van der Waals surface area contributed by atoms with Gasteiger partial charge in [-0.1, -0.05) is 31.7 Å². The van der Waals surface area contributed by atoms with Gasteiger partial charge in [-0.15, -0.1) is 21.5 Å². The van der Waals surface area contributed by atoms with Crippen molar-refractivity contribution in [2.45, 2.75) is 49.9 Å². The summed E-state index contributed by atoms with van der Waals surface area (Å²) in [5.74, 6) is 1.42. The lowest BCUT2D eigenvalue weighted by atomic mass is 9.98. The first-order chi connectivity index (χ1) is 15.5. The number of hydrogen-bond donors (Lipinski definition) is 2. The van der Waals surface area contributed by atoms with E-state index in [0.29, 0.717) is 17.1 Å². The van der Waals surface area contributed by atoms with Crippen LogP contribution < -0.4 is 0 Å². The maximum atomic E-state index is 10.7. The molecule has 6 nitrogen and oxygen atoms in total. The van der Waals surface area contributed by atoms with Crippen molar-refractivity contribution in [1.82, 2.24) is 19.7 Å². The van der Waals surface area contributed by atoms with Crippen molar-refractivity contribution >= 4 is 23.1 Å². The highest BCUT2D eigenvalue weighted by atomic mass is 32.2. The van der Waals surface area contributed by atoms with Crippen molar-refractivity contribution in [2.24, 2.45) is 0 Å². The van der Waals surface area contributed by atoms with E-state index in [4.69, 9.17) is 0 Å². The van der Waals surface area contributed by atoms with Crippen LogP contribution in [-0.2, 0) is 18.6 Å². The topological polar surface area (TPSA) is 84.1 Å².